The van der Waals surface area contributed by atoms with Gasteiger partial charge in [0.1, 0.15) is 0 Å². The molecule has 2 unspecified atom stereocenters. The molecule has 0 saturated carbocycles. The van der Waals surface area contributed by atoms with E-state index in [2.05, 4.69) is 22.1 Å². The van der Waals surface area contributed by atoms with Crippen LogP contribution >= 0.6 is 11.6 Å². The van der Waals surface area contributed by atoms with Crippen molar-refractivity contribution in [2.75, 3.05) is 18.4 Å². The van der Waals surface area contributed by atoms with Crippen molar-refractivity contribution in [2.24, 2.45) is 0 Å². The second-order valence-electron chi connectivity index (χ2n) is 5.49. The lowest BCUT2D eigenvalue weighted by Gasteiger charge is -2.35. The lowest BCUT2D eigenvalue weighted by molar-refractivity contribution is 0.188. The van der Waals surface area contributed by atoms with Crippen molar-refractivity contribution in [1.82, 2.24) is 9.88 Å². The number of aromatic nitrogens is 1. The average molecular weight is 266 g/mol. The number of nitrogens with zero attached hydrogens (tertiary/aromatic N) is 2. The molecule has 2 fully saturated rings. The molecule has 0 bridgehead atoms. The van der Waals surface area contributed by atoms with E-state index in [1.54, 1.807) is 6.20 Å². The van der Waals surface area contributed by atoms with Crippen LogP contribution in [-0.2, 0) is 0 Å². The second-order valence-corrected chi connectivity index (χ2v) is 5.85. The number of fused-ring (bicyclic) bond motifs is 1. The van der Waals surface area contributed by atoms with Crippen LogP contribution in [0.4, 0.5) is 5.69 Å². The Kier molecular flexibility index (Phi) is 3.44. The first kappa shape index (κ1) is 12.2. The summed E-state index contributed by atoms with van der Waals surface area (Å²) in [5.41, 5.74) is 2.21. The third-order valence-electron chi connectivity index (χ3n) is 4.28. The molecule has 3 nitrogen and oxygen atoms in total. The zero-order valence-electron chi connectivity index (χ0n) is 10.8. The van der Waals surface area contributed by atoms with Gasteiger partial charge in [0.05, 0.1) is 5.69 Å². The summed E-state index contributed by atoms with van der Waals surface area (Å²) in [6.07, 6.45) is 6.94. The molecule has 2 aliphatic rings. The molecule has 0 spiro atoms. The third kappa shape index (κ3) is 2.34. The standard InChI is InChI=1S/C14H20ClN3/c1-10-4-6-16-14(15)13(10)17-11-5-8-18-7-2-3-12(18)9-11/h4,6,11-12,17H,2-3,5,7-9H2,1H3. The van der Waals surface area contributed by atoms with Crippen molar-refractivity contribution < 1.29 is 0 Å². The van der Waals surface area contributed by atoms with Gasteiger partial charge in [-0.3, -0.25) is 0 Å². The Morgan fingerprint density at radius 3 is 3.11 bits per heavy atom. The van der Waals surface area contributed by atoms with Crippen molar-refractivity contribution in [3.05, 3.63) is 23.0 Å². The highest BCUT2D eigenvalue weighted by atomic mass is 35.5. The van der Waals surface area contributed by atoms with E-state index in [9.17, 15) is 0 Å². The predicted octanol–water partition coefficient (Wildman–Crippen LogP) is 3.08. The Morgan fingerprint density at radius 1 is 1.39 bits per heavy atom. The first-order valence-electron chi connectivity index (χ1n) is 6.86. The van der Waals surface area contributed by atoms with Crippen molar-refractivity contribution in [2.45, 2.75) is 44.7 Å². The Balaban J connectivity index is 1.69. The van der Waals surface area contributed by atoms with Gasteiger partial charge >= 0.3 is 0 Å². The summed E-state index contributed by atoms with van der Waals surface area (Å²) < 4.78 is 0. The molecule has 2 saturated heterocycles. The number of halogens is 1. The fourth-order valence-corrected chi connectivity index (χ4v) is 3.52. The highest BCUT2D eigenvalue weighted by Gasteiger charge is 2.31. The fraction of sp³-hybridized carbons (Fsp3) is 0.643. The maximum atomic E-state index is 6.18. The van der Waals surface area contributed by atoms with Crippen LogP contribution in [0.5, 0.6) is 0 Å². The van der Waals surface area contributed by atoms with Crippen LogP contribution in [0.2, 0.25) is 5.15 Å². The normalized spacial score (nSPS) is 28.1. The Bertz CT molecular complexity index is 415. The van der Waals surface area contributed by atoms with Gasteiger partial charge in [-0.05, 0) is 50.8 Å². The summed E-state index contributed by atoms with van der Waals surface area (Å²) in [4.78, 5) is 6.80. The Hall–Kier alpha value is -0.800. The number of piperidine rings is 1. The topological polar surface area (TPSA) is 28.2 Å². The number of aryl methyl sites for hydroxylation is 1. The number of rotatable bonds is 2. The summed E-state index contributed by atoms with van der Waals surface area (Å²) in [5, 5.41) is 4.21. The smallest absolute Gasteiger partial charge is 0.152 e. The molecule has 1 aromatic rings. The van der Waals surface area contributed by atoms with Crippen LogP contribution in [0.3, 0.4) is 0 Å². The molecule has 0 aromatic carbocycles. The molecule has 3 rings (SSSR count). The summed E-state index contributed by atoms with van der Waals surface area (Å²) in [6, 6.07) is 3.34. The Morgan fingerprint density at radius 2 is 2.28 bits per heavy atom. The van der Waals surface area contributed by atoms with E-state index in [-0.39, 0.29) is 0 Å². The van der Waals surface area contributed by atoms with E-state index in [1.165, 1.54) is 44.3 Å². The molecule has 1 aromatic heterocycles. The van der Waals surface area contributed by atoms with Crippen molar-refractivity contribution >= 4 is 17.3 Å². The first-order valence-corrected chi connectivity index (χ1v) is 7.23. The first-order chi connectivity index (χ1) is 8.74. The van der Waals surface area contributed by atoms with Crippen LogP contribution in [0.15, 0.2) is 12.3 Å². The number of anilines is 1. The van der Waals surface area contributed by atoms with Crippen LogP contribution in [-0.4, -0.2) is 35.1 Å². The van der Waals surface area contributed by atoms with Gasteiger partial charge in [0.25, 0.3) is 0 Å². The average Bonchev–Trinajstić information content (AvgIpc) is 2.81. The Labute approximate surface area is 114 Å². The molecule has 4 heteroatoms. The van der Waals surface area contributed by atoms with Crippen LogP contribution in [0.1, 0.15) is 31.2 Å². The minimum Gasteiger partial charge on any atom is -0.379 e. The van der Waals surface area contributed by atoms with E-state index in [0.717, 1.165) is 11.7 Å². The van der Waals surface area contributed by atoms with Crippen LogP contribution in [0.25, 0.3) is 0 Å². The van der Waals surface area contributed by atoms with Gasteiger partial charge in [-0.2, -0.15) is 0 Å². The van der Waals surface area contributed by atoms with E-state index >= 15 is 0 Å². The molecule has 0 amide bonds. The summed E-state index contributed by atoms with van der Waals surface area (Å²) >= 11 is 6.18. The molecule has 1 N–H and O–H groups in total. The molecule has 0 radical (unpaired) electrons. The lowest BCUT2D eigenvalue weighted by Crippen LogP contribution is -2.42. The third-order valence-corrected chi connectivity index (χ3v) is 4.57. The molecular weight excluding hydrogens is 246 g/mol. The SMILES string of the molecule is Cc1ccnc(Cl)c1NC1CCN2CCCC2C1. The molecule has 2 aliphatic heterocycles. The number of pyridine rings is 1. The quantitative estimate of drug-likeness (QED) is 0.833. The number of hydrogen-bond donors (Lipinski definition) is 1. The molecule has 18 heavy (non-hydrogen) atoms. The van der Waals surface area contributed by atoms with Gasteiger partial charge in [-0.1, -0.05) is 11.6 Å². The maximum absolute atomic E-state index is 6.18. The van der Waals surface area contributed by atoms with E-state index in [4.69, 9.17) is 11.6 Å². The highest BCUT2D eigenvalue weighted by molar-refractivity contribution is 6.32. The number of hydrogen-bond acceptors (Lipinski definition) is 3. The molecule has 0 aliphatic carbocycles. The van der Waals surface area contributed by atoms with E-state index in [0.29, 0.717) is 11.2 Å². The molecule has 2 atom stereocenters. The monoisotopic (exact) mass is 265 g/mol. The van der Waals surface area contributed by atoms with Crippen molar-refractivity contribution in [3.63, 3.8) is 0 Å². The second kappa shape index (κ2) is 5.06. The zero-order valence-corrected chi connectivity index (χ0v) is 11.6. The van der Waals surface area contributed by atoms with Crippen molar-refractivity contribution in [3.8, 4) is 0 Å². The van der Waals surface area contributed by atoms with Gasteiger partial charge < -0.3 is 10.2 Å². The maximum Gasteiger partial charge on any atom is 0.152 e. The largest absolute Gasteiger partial charge is 0.379 e. The van der Waals surface area contributed by atoms with Gasteiger partial charge in [-0.15, -0.1) is 0 Å². The van der Waals surface area contributed by atoms with Gasteiger partial charge in [0.15, 0.2) is 5.15 Å². The molecule has 3 heterocycles. The van der Waals surface area contributed by atoms with Crippen molar-refractivity contribution in [1.29, 1.82) is 0 Å². The molecular formula is C14H20ClN3. The fourth-order valence-electron chi connectivity index (χ4n) is 3.26. The van der Waals surface area contributed by atoms with E-state index in [1.807, 2.05) is 6.07 Å². The van der Waals surface area contributed by atoms with Gasteiger partial charge in [-0.25, -0.2) is 4.98 Å². The highest BCUT2D eigenvalue weighted by Crippen LogP contribution is 2.30. The van der Waals surface area contributed by atoms with E-state index < -0.39 is 0 Å². The minimum absolute atomic E-state index is 0.546. The lowest BCUT2D eigenvalue weighted by atomic mass is 9.97. The summed E-state index contributed by atoms with van der Waals surface area (Å²) in [5.74, 6) is 0. The minimum atomic E-state index is 0.546. The molecule has 98 valence electrons. The van der Waals surface area contributed by atoms with Crippen LogP contribution < -0.4 is 5.32 Å². The van der Waals surface area contributed by atoms with Crippen LogP contribution in [0, 0.1) is 6.92 Å². The predicted molar refractivity (Wildman–Crippen MR) is 75.2 cm³/mol. The van der Waals surface area contributed by atoms with Gasteiger partial charge in [0.2, 0.25) is 0 Å². The van der Waals surface area contributed by atoms with Gasteiger partial charge in [0, 0.05) is 24.8 Å². The number of nitrogens with one attached hydrogen (secondary N) is 1. The summed E-state index contributed by atoms with van der Waals surface area (Å²) in [7, 11) is 0. The zero-order chi connectivity index (χ0) is 12.5. The summed E-state index contributed by atoms with van der Waals surface area (Å²) in [6.45, 7) is 4.60.